The Morgan fingerprint density at radius 3 is 2.85 bits per heavy atom. The minimum atomic E-state index is 0.459. The highest BCUT2D eigenvalue weighted by Gasteiger charge is 2.16. The molecule has 2 heterocycles. The van der Waals surface area contributed by atoms with E-state index in [1.54, 1.807) is 0 Å². The molecule has 1 aliphatic rings. The van der Waals surface area contributed by atoms with Gasteiger partial charge in [0.05, 0.1) is 5.88 Å². The Kier molecular flexibility index (Phi) is 4.25. The number of hydrogen-bond donors (Lipinski definition) is 0. The van der Waals surface area contributed by atoms with Crippen LogP contribution < -0.4 is 0 Å². The van der Waals surface area contributed by atoms with Gasteiger partial charge in [0, 0.05) is 12.7 Å². The maximum atomic E-state index is 6.07. The number of hydrogen-bond acceptors (Lipinski definition) is 2. The van der Waals surface area contributed by atoms with Crippen LogP contribution in [0.25, 0.3) is 11.2 Å². The van der Waals surface area contributed by atoms with Crippen LogP contribution >= 0.6 is 11.6 Å². The first kappa shape index (κ1) is 13.9. The third kappa shape index (κ3) is 2.69. The summed E-state index contributed by atoms with van der Waals surface area (Å²) in [5.74, 6) is 2.29. The summed E-state index contributed by atoms with van der Waals surface area (Å²) in [5, 5.41) is 0. The maximum absolute atomic E-state index is 6.07. The molecule has 2 aromatic rings. The molecular weight excluding hydrogens is 270 g/mol. The van der Waals surface area contributed by atoms with Crippen LogP contribution in [0.2, 0.25) is 0 Å². The molecule has 0 saturated heterocycles. The van der Waals surface area contributed by atoms with E-state index in [2.05, 4.69) is 21.5 Å². The van der Waals surface area contributed by atoms with Crippen molar-refractivity contribution in [1.29, 1.82) is 0 Å². The molecule has 1 saturated carbocycles. The van der Waals surface area contributed by atoms with E-state index in [0.29, 0.717) is 5.88 Å². The highest BCUT2D eigenvalue weighted by atomic mass is 35.5. The van der Waals surface area contributed by atoms with Crippen LogP contribution in [0.3, 0.4) is 0 Å². The number of fused-ring (bicyclic) bond motifs is 1. The van der Waals surface area contributed by atoms with Crippen LogP contribution in [0.15, 0.2) is 12.3 Å². The van der Waals surface area contributed by atoms with Gasteiger partial charge in [0.25, 0.3) is 0 Å². The Hall–Kier alpha value is -1.09. The number of rotatable bonds is 4. The molecule has 0 amide bonds. The second-order valence-corrected chi connectivity index (χ2v) is 6.17. The molecule has 3 rings (SSSR count). The molecule has 0 N–H and O–H groups in total. The first-order valence-corrected chi connectivity index (χ1v) is 8.19. The van der Waals surface area contributed by atoms with Gasteiger partial charge in [0.15, 0.2) is 5.65 Å². The van der Waals surface area contributed by atoms with Crippen LogP contribution in [0, 0.1) is 12.8 Å². The zero-order valence-corrected chi connectivity index (χ0v) is 12.9. The quantitative estimate of drug-likeness (QED) is 0.779. The van der Waals surface area contributed by atoms with Gasteiger partial charge in [-0.3, -0.25) is 0 Å². The summed E-state index contributed by atoms with van der Waals surface area (Å²) >= 11 is 6.07. The summed E-state index contributed by atoms with van der Waals surface area (Å²) in [6.45, 7) is 3.08. The summed E-state index contributed by atoms with van der Waals surface area (Å²) in [7, 11) is 0. The fourth-order valence-electron chi connectivity index (χ4n) is 3.31. The summed E-state index contributed by atoms with van der Waals surface area (Å²) in [6.07, 6.45) is 10.1. The minimum Gasteiger partial charge on any atom is -0.312 e. The van der Waals surface area contributed by atoms with Gasteiger partial charge >= 0.3 is 0 Å². The molecular formula is C16H22ClN3. The van der Waals surface area contributed by atoms with E-state index in [1.807, 2.05) is 12.3 Å². The van der Waals surface area contributed by atoms with Crippen molar-refractivity contribution >= 4 is 22.8 Å². The zero-order valence-electron chi connectivity index (χ0n) is 12.1. The standard InChI is InChI=1S/C16H22ClN3/c1-12-7-9-18-16-15(12)19-14(11-17)20(16)10-8-13-5-3-2-4-6-13/h7,9,13H,2-6,8,10-11H2,1H3. The predicted octanol–water partition coefficient (Wildman–Crippen LogP) is 4.45. The zero-order chi connectivity index (χ0) is 13.9. The van der Waals surface area contributed by atoms with E-state index in [4.69, 9.17) is 11.6 Å². The number of aromatic nitrogens is 3. The molecule has 1 aliphatic carbocycles. The normalized spacial score (nSPS) is 16.9. The Morgan fingerprint density at radius 1 is 1.30 bits per heavy atom. The lowest BCUT2D eigenvalue weighted by atomic mass is 9.87. The summed E-state index contributed by atoms with van der Waals surface area (Å²) < 4.78 is 2.23. The number of aryl methyl sites for hydroxylation is 2. The van der Waals surface area contributed by atoms with Crippen molar-refractivity contribution < 1.29 is 0 Å². The largest absolute Gasteiger partial charge is 0.312 e. The van der Waals surface area contributed by atoms with Crippen molar-refractivity contribution in [2.24, 2.45) is 5.92 Å². The first-order chi connectivity index (χ1) is 9.79. The minimum absolute atomic E-state index is 0.459. The molecule has 0 spiro atoms. The molecule has 0 bridgehead atoms. The van der Waals surface area contributed by atoms with Crippen LogP contribution in [-0.4, -0.2) is 14.5 Å². The number of imidazole rings is 1. The second-order valence-electron chi connectivity index (χ2n) is 5.91. The average molecular weight is 292 g/mol. The van der Waals surface area contributed by atoms with Crippen LogP contribution in [0.5, 0.6) is 0 Å². The highest BCUT2D eigenvalue weighted by Crippen LogP contribution is 2.28. The van der Waals surface area contributed by atoms with Gasteiger partial charge in [0.2, 0.25) is 0 Å². The molecule has 2 aromatic heterocycles. The molecule has 0 radical (unpaired) electrons. The number of halogens is 1. The van der Waals surface area contributed by atoms with Gasteiger partial charge in [-0.05, 0) is 30.9 Å². The molecule has 3 nitrogen and oxygen atoms in total. The summed E-state index contributed by atoms with van der Waals surface area (Å²) in [4.78, 5) is 9.18. The van der Waals surface area contributed by atoms with E-state index in [-0.39, 0.29) is 0 Å². The van der Waals surface area contributed by atoms with E-state index < -0.39 is 0 Å². The van der Waals surface area contributed by atoms with Crippen molar-refractivity contribution in [2.45, 2.75) is 57.9 Å². The fraction of sp³-hybridized carbons (Fsp3) is 0.625. The van der Waals surface area contributed by atoms with Crippen LogP contribution in [0.1, 0.15) is 49.9 Å². The Morgan fingerprint density at radius 2 is 2.10 bits per heavy atom. The SMILES string of the molecule is Cc1ccnc2c1nc(CCl)n2CCC1CCCCC1. The molecule has 20 heavy (non-hydrogen) atoms. The van der Waals surface area contributed by atoms with Crippen LogP contribution in [0.4, 0.5) is 0 Å². The maximum Gasteiger partial charge on any atom is 0.160 e. The van der Waals surface area contributed by atoms with Crippen molar-refractivity contribution in [3.05, 3.63) is 23.7 Å². The van der Waals surface area contributed by atoms with E-state index >= 15 is 0 Å². The van der Waals surface area contributed by atoms with Gasteiger partial charge in [-0.1, -0.05) is 32.1 Å². The Bertz CT molecular complexity index is 585. The van der Waals surface area contributed by atoms with E-state index in [9.17, 15) is 0 Å². The predicted molar refractivity (Wildman–Crippen MR) is 83.0 cm³/mol. The smallest absolute Gasteiger partial charge is 0.160 e. The number of nitrogens with zero attached hydrogens (tertiary/aromatic N) is 3. The molecule has 0 aliphatic heterocycles. The van der Waals surface area contributed by atoms with E-state index in [1.165, 1.54) is 44.1 Å². The fourth-order valence-corrected chi connectivity index (χ4v) is 3.51. The van der Waals surface area contributed by atoms with Gasteiger partial charge in [-0.15, -0.1) is 11.6 Å². The van der Waals surface area contributed by atoms with Crippen molar-refractivity contribution in [1.82, 2.24) is 14.5 Å². The number of alkyl halides is 1. The molecule has 108 valence electrons. The monoisotopic (exact) mass is 291 g/mol. The van der Waals surface area contributed by atoms with Crippen molar-refractivity contribution in [3.8, 4) is 0 Å². The van der Waals surface area contributed by atoms with E-state index in [0.717, 1.165) is 29.5 Å². The highest BCUT2D eigenvalue weighted by molar-refractivity contribution is 6.16. The topological polar surface area (TPSA) is 30.7 Å². The lowest BCUT2D eigenvalue weighted by Gasteiger charge is -2.21. The van der Waals surface area contributed by atoms with Crippen molar-refractivity contribution in [2.75, 3.05) is 0 Å². The molecule has 4 heteroatoms. The first-order valence-electron chi connectivity index (χ1n) is 7.66. The Balaban J connectivity index is 1.84. The van der Waals surface area contributed by atoms with Crippen molar-refractivity contribution in [3.63, 3.8) is 0 Å². The van der Waals surface area contributed by atoms with Gasteiger partial charge in [-0.2, -0.15) is 0 Å². The average Bonchev–Trinajstić information content (AvgIpc) is 2.85. The third-order valence-electron chi connectivity index (χ3n) is 4.52. The molecule has 0 unspecified atom stereocenters. The van der Waals surface area contributed by atoms with Gasteiger partial charge in [0.1, 0.15) is 11.3 Å². The van der Waals surface area contributed by atoms with Crippen LogP contribution in [-0.2, 0) is 12.4 Å². The summed E-state index contributed by atoms with van der Waals surface area (Å²) in [6, 6.07) is 2.01. The lowest BCUT2D eigenvalue weighted by molar-refractivity contribution is 0.324. The second kappa shape index (κ2) is 6.13. The lowest BCUT2D eigenvalue weighted by Crippen LogP contribution is -2.11. The third-order valence-corrected chi connectivity index (χ3v) is 4.76. The molecule has 0 aromatic carbocycles. The Labute approximate surface area is 125 Å². The molecule has 1 fully saturated rings. The van der Waals surface area contributed by atoms with Gasteiger partial charge in [-0.25, -0.2) is 9.97 Å². The van der Waals surface area contributed by atoms with Gasteiger partial charge < -0.3 is 4.57 Å². The molecule has 0 atom stereocenters. The summed E-state index contributed by atoms with van der Waals surface area (Å²) in [5.41, 5.74) is 3.18. The number of pyridine rings is 1.